The Hall–Kier alpha value is -3.59. The van der Waals surface area contributed by atoms with Crippen molar-refractivity contribution in [3.8, 4) is 0 Å². The van der Waals surface area contributed by atoms with Gasteiger partial charge in [-0.2, -0.15) is 0 Å². The molecule has 0 unspecified atom stereocenters. The van der Waals surface area contributed by atoms with Gasteiger partial charge in [0, 0.05) is 12.2 Å². The third-order valence-corrected chi connectivity index (χ3v) is 4.17. The predicted octanol–water partition coefficient (Wildman–Crippen LogP) is 1.47. The lowest BCUT2D eigenvalue weighted by Gasteiger charge is -2.18. The maximum absolute atomic E-state index is 12.7. The largest absolute Gasteiger partial charge is 0.445 e. The van der Waals surface area contributed by atoms with Gasteiger partial charge < -0.3 is 31.9 Å². The molecule has 0 radical (unpaired) electrons. The van der Waals surface area contributed by atoms with Gasteiger partial charge in [0.25, 0.3) is 0 Å². The van der Waals surface area contributed by atoms with Crippen LogP contribution in [-0.2, 0) is 22.7 Å². The Labute approximate surface area is 175 Å². The molecule has 2 aromatic rings. The summed E-state index contributed by atoms with van der Waals surface area (Å²) in [4.78, 5) is 28.8. The first-order chi connectivity index (χ1) is 14.5. The monoisotopic (exact) mass is 413 g/mol. The number of guanidine groups is 1. The molecule has 0 aliphatic carbocycles. The molecular formula is C21H27N5O4. The molecule has 160 valence electrons. The first-order valence-electron chi connectivity index (χ1n) is 9.51. The van der Waals surface area contributed by atoms with E-state index in [0.29, 0.717) is 25.1 Å². The number of anilines is 1. The van der Waals surface area contributed by atoms with Gasteiger partial charge in [-0.3, -0.25) is 9.79 Å². The fraction of sp³-hybridized carbons (Fsp3) is 0.286. The Bertz CT molecular complexity index is 836. The normalized spacial score (nSPS) is 11.2. The average molecular weight is 413 g/mol. The maximum Gasteiger partial charge on any atom is 0.408 e. The number of aliphatic hydroxyl groups is 1. The summed E-state index contributed by atoms with van der Waals surface area (Å²) in [5.74, 6) is -0.427. The lowest BCUT2D eigenvalue weighted by molar-refractivity contribution is -0.118. The number of alkyl carbamates (subject to hydrolysis) is 1. The number of carbonyl (C=O) groups is 2. The summed E-state index contributed by atoms with van der Waals surface area (Å²) in [5, 5.41) is 14.5. The molecule has 2 aromatic carbocycles. The quantitative estimate of drug-likeness (QED) is 0.226. The maximum atomic E-state index is 12.7. The van der Waals surface area contributed by atoms with Crippen molar-refractivity contribution in [2.24, 2.45) is 16.5 Å². The minimum Gasteiger partial charge on any atom is -0.445 e. The topological polar surface area (TPSA) is 152 Å². The summed E-state index contributed by atoms with van der Waals surface area (Å²) in [7, 11) is 0. The summed E-state index contributed by atoms with van der Waals surface area (Å²) in [6.07, 6.45) is 0.104. The molecule has 9 heteroatoms. The zero-order valence-electron chi connectivity index (χ0n) is 16.6. The van der Waals surface area contributed by atoms with Gasteiger partial charge in [-0.25, -0.2) is 4.79 Å². The summed E-state index contributed by atoms with van der Waals surface area (Å²) < 4.78 is 5.21. The van der Waals surface area contributed by atoms with Gasteiger partial charge in [0.05, 0.1) is 6.61 Å². The van der Waals surface area contributed by atoms with Crippen LogP contribution in [-0.4, -0.2) is 35.7 Å². The van der Waals surface area contributed by atoms with Gasteiger partial charge in [-0.05, 0) is 36.1 Å². The number of benzene rings is 2. The number of nitrogens with one attached hydrogen (secondary N) is 2. The van der Waals surface area contributed by atoms with Gasteiger partial charge in [0.2, 0.25) is 5.91 Å². The molecule has 0 heterocycles. The van der Waals surface area contributed by atoms with Crippen LogP contribution in [0.5, 0.6) is 0 Å². The number of rotatable bonds is 10. The van der Waals surface area contributed by atoms with Crippen molar-refractivity contribution in [3.05, 3.63) is 65.7 Å². The molecule has 0 saturated heterocycles. The second kappa shape index (κ2) is 12.1. The van der Waals surface area contributed by atoms with Crippen LogP contribution in [0.15, 0.2) is 59.6 Å². The molecule has 2 amide bonds. The predicted molar refractivity (Wildman–Crippen MR) is 114 cm³/mol. The van der Waals surface area contributed by atoms with Crippen molar-refractivity contribution in [2.45, 2.75) is 32.1 Å². The molecule has 2 rings (SSSR count). The molecule has 30 heavy (non-hydrogen) atoms. The molecule has 9 nitrogen and oxygen atoms in total. The summed E-state index contributed by atoms with van der Waals surface area (Å²) in [5.41, 5.74) is 12.7. The number of hydrogen-bond acceptors (Lipinski definition) is 5. The SMILES string of the molecule is NC(N)=NCCC[C@H](NC(=O)OCc1ccccc1)C(=O)Nc1ccc(CO)cc1. The van der Waals surface area contributed by atoms with Crippen LogP contribution in [0, 0.1) is 0 Å². The third-order valence-electron chi connectivity index (χ3n) is 4.17. The van der Waals surface area contributed by atoms with E-state index in [4.69, 9.17) is 21.3 Å². The molecule has 0 aromatic heterocycles. The van der Waals surface area contributed by atoms with E-state index in [1.54, 1.807) is 24.3 Å². The smallest absolute Gasteiger partial charge is 0.408 e. The molecule has 7 N–H and O–H groups in total. The van der Waals surface area contributed by atoms with E-state index in [1.165, 1.54) is 0 Å². The fourth-order valence-corrected chi connectivity index (χ4v) is 2.60. The fourth-order valence-electron chi connectivity index (χ4n) is 2.60. The van der Waals surface area contributed by atoms with Gasteiger partial charge in [-0.15, -0.1) is 0 Å². The molecule has 0 fully saturated rings. The number of aliphatic hydroxyl groups excluding tert-OH is 1. The second-order valence-electron chi connectivity index (χ2n) is 6.55. The van der Waals surface area contributed by atoms with E-state index in [1.807, 2.05) is 30.3 Å². The number of amides is 2. The first kappa shape index (κ1) is 22.7. The van der Waals surface area contributed by atoms with Crippen molar-refractivity contribution in [1.29, 1.82) is 0 Å². The van der Waals surface area contributed by atoms with E-state index in [-0.39, 0.29) is 19.2 Å². The molecule has 0 spiro atoms. The highest BCUT2D eigenvalue weighted by Gasteiger charge is 2.21. The van der Waals surface area contributed by atoms with Crippen molar-refractivity contribution in [1.82, 2.24) is 5.32 Å². The van der Waals surface area contributed by atoms with Gasteiger partial charge >= 0.3 is 6.09 Å². The van der Waals surface area contributed by atoms with Crippen LogP contribution in [0.3, 0.4) is 0 Å². The Morgan fingerprint density at radius 1 is 1.03 bits per heavy atom. The van der Waals surface area contributed by atoms with Crippen LogP contribution < -0.4 is 22.1 Å². The van der Waals surface area contributed by atoms with E-state index in [0.717, 1.165) is 11.1 Å². The second-order valence-corrected chi connectivity index (χ2v) is 6.55. The number of aliphatic imine (C=N–C) groups is 1. The zero-order chi connectivity index (χ0) is 21.8. The van der Waals surface area contributed by atoms with Crippen molar-refractivity contribution >= 4 is 23.6 Å². The van der Waals surface area contributed by atoms with E-state index in [9.17, 15) is 9.59 Å². The Morgan fingerprint density at radius 3 is 2.37 bits per heavy atom. The van der Waals surface area contributed by atoms with Crippen LogP contribution in [0.2, 0.25) is 0 Å². The summed E-state index contributed by atoms with van der Waals surface area (Å²) in [6, 6.07) is 15.1. The Morgan fingerprint density at radius 2 is 1.73 bits per heavy atom. The zero-order valence-corrected chi connectivity index (χ0v) is 16.6. The van der Waals surface area contributed by atoms with Crippen molar-refractivity contribution in [3.63, 3.8) is 0 Å². The molecule has 0 saturated carbocycles. The summed E-state index contributed by atoms with van der Waals surface area (Å²) in [6.45, 7) is 0.339. The van der Waals surface area contributed by atoms with E-state index in [2.05, 4.69) is 15.6 Å². The number of carbonyl (C=O) groups excluding carboxylic acids is 2. The highest BCUT2D eigenvalue weighted by Crippen LogP contribution is 2.11. The molecular weight excluding hydrogens is 386 g/mol. The first-order valence-corrected chi connectivity index (χ1v) is 9.51. The highest BCUT2D eigenvalue weighted by atomic mass is 16.5. The van der Waals surface area contributed by atoms with Crippen LogP contribution in [0.25, 0.3) is 0 Å². The third kappa shape index (κ3) is 8.19. The van der Waals surface area contributed by atoms with Gasteiger partial charge in [0.1, 0.15) is 12.6 Å². The number of ether oxygens (including phenoxy) is 1. The van der Waals surface area contributed by atoms with Gasteiger partial charge in [0.15, 0.2) is 5.96 Å². The minimum absolute atomic E-state index is 0.0322. The molecule has 0 bridgehead atoms. The van der Waals surface area contributed by atoms with Crippen LogP contribution in [0.4, 0.5) is 10.5 Å². The Balaban J connectivity index is 1.95. The molecule has 0 aliphatic rings. The lowest BCUT2D eigenvalue weighted by Crippen LogP contribution is -2.44. The molecule has 0 aliphatic heterocycles. The minimum atomic E-state index is -0.833. The van der Waals surface area contributed by atoms with E-state index >= 15 is 0 Å². The lowest BCUT2D eigenvalue weighted by atomic mass is 10.1. The molecule has 1 atom stereocenters. The number of nitrogens with two attached hydrogens (primary N) is 2. The van der Waals surface area contributed by atoms with Crippen molar-refractivity contribution in [2.75, 3.05) is 11.9 Å². The number of hydrogen-bond donors (Lipinski definition) is 5. The number of nitrogens with zero attached hydrogens (tertiary/aromatic N) is 1. The van der Waals surface area contributed by atoms with Crippen LogP contribution >= 0.6 is 0 Å². The van der Waals surface area contributed by atoms with Gasteiger partial charge in [-0.1, -0.05) is 42.5 Å². The van der Waals surface area contributed by atoms with Crippen LogP contribution in [0.1, 0.15) is 24.0 Å². The van der Waals surface area contributed by atoms with Crippen molar-refractivity contribution < 1.29 is 19.4 Å². The van der Waals surface area contributed by atoms with E-state index < -0.39 is 18.0 Å². The standard InChI is InChI=1S/C21H27N5O4/c22-20(23)24-12-4-7-18(19(28)25-17-10-8-15(13-27)9-11-17)26-21(29)30-14-16-5-2-1-3-6-16/h1-3,5-6,8-11,18,27H,4,7,12-14H2,(H,25,28)(H,26,29)(H4,22,23,24)/t18-/m0/s1. The average Bonchev–Trinajstić information content (AvgIpc) is 2.75. The summed E-state index contributed by atoms with van der Waals surface area (Å²) >= 11 is 0. The highest BCUT2D eigenvalue weighted by molar-refractivity contribution is 5.96. The Kier molecular flexibility index (Phi) is 9.14.